The zero-order valence-electron chi connectivity index (χ0n) is 7.42. The average molecular weight is 166 g/mol. The van der Waals surface area contributed by atoms with Gasteiger partial charge < -0.3 is 10.2 Å². The second kappa shape index (κ2) is 3.97. The lowest BCUT2D eigenvalue weighted by Crippen LogP contribution is -2.08. The number of hydrogen-bond donors (Lipinski definition) is 2. The lowest BCUT2D eigenvalue weighted by atomic mass is 10.1. The molecule has 3 N–H and O–H groups in total. The normalized spacial score (nSPS) is 9.58. The van der Waals surface area contributed by atoms with E-state index in [9.17, 15) is 0 Å². The summed E-state index contributed by atoms with van der Waals surface area (Å²) in [5.74, 6) is 6.19. The van der Waals surface area contributed by atoms with Crippen LogP contribution in [0.15, 0.2) is 18.2 Å². The number of nitrogens with two attached hydrogens (primary N) is 1. The molecule has 66 valence electrons. The SMILES string of the molecule is CCc1cc(OC)ccc1NN. The van der Waals surface area contributed by atoms with Gasteiger partial charge in [0, 0.05) is 0 Å². The third-order valence-corrected chi connectivity index (χ3v) is 1.85. The van der Waals surface area contributed by atoms with Gasteiger partial charge in [-0.25, -0.2) is 0 Å². The number of hydrogen-bond acceptors (Lipinski definition) is 3. The van der Waals surface area contributed by atoms with Crippen LogP contribution < -0.4 is 16.0 Å². The Labute approximate surface area is 72.5 Å². The Morgan fingerprint density at radius 3 is 2.75 bits per heavy atom. The number of hydrazine groups is 1. The van der Waals surface area contributed by atoms with Gasteiger partial charge in [0.1, 0.15) is 5.75 Å². The molecule has 1 rings (SSSR count). The molecule has 0 unspecified atom stereocenters. The van der Waals surface area contributed by atoms with Crippen molar-refractivity contribution in [3.8, 4) is 5.75 Å². The van der Waals surface area contributed by atoms with E-state index >= 15 is 0 Å². The van der Waals surface area contributed by atoms with Crippen molar-refractivity contribution in [2.75, 3.05) is 12.5 Å². The number of methoxy groups -OCH3 is 1. The zero-order valence-corrected chi connectivity index (χ0v) is 7.42. The summed E-state index contributed by atoms with van der Waals surface area (Å²) < 4.78 is 5.09. The molecule has 0 aromatic heterocycles. The van der Waals surface area contributed by atoms with Crippen molar-refractivity contribution < 1.29 is 4.74 Å². The standard InChI is InChI=1S/C9H14N2O/c1-3-7-6-8(12-2)4-5-9(7)11-10/h4-6,11H,3,10H2,1-2H3. The smallest absolute Gasteiger partial charge is 0.119 e. The maximum absolute atomic E-state index is 5.33. The molecule has 0 atom stereocenters. The van der Waals surface area contributed by atoms with Crippen LogP contribution in [0.25, 0.3) is 0 Å². The van der Waals surface area contributed by atoms with Gasteiger partial charge in [-0.2, -0.15) is 0 Å². The van der Waals surface area contributed by atoms with Crippen LogP contribution in [-0.4, -0.2) is 7.11 Å². The van der Waals surface area contributed by atoms with Crippen molar-refractivity contribution in [1.29, 1.82) is 0 Å². The monoisotopic (exact) mass is 166 g/mol. The maximum Gasteiger partial charge on any atom is 0.119 e. The molecule has 0 saturated heterocycles. The Kier molecular flexibility index (Phi) is 2.94. The molecule has 0 aliphatic heterocycles. The molecule has 12 heavy (non-hydrogen) atoms. The van der Waals surface area contributed by atoms with Gasteiger partial charge in [-0.1, -0.05) is 6.92 Å². The summed E-state index contributed by atoms with van der Waals surface area (Å²) in [6.07, 6.45) is 0.941. The van der Waals surface area contributed by atoms with E-state index in [1.54, 1.807) is 7.11 Å². The van der Waals surface area contributed by atoms with Crippen molar-refractivity contribution in [1.82, 2.24) is 0 Å². The van der Waals surface area contributed by atoms with E-state index in [0.717, 1.165) is 23.4 Å². The summed E-state index contributed by atoms with van der Waals surface area (Å²) in [6, 6.07) is 5.78. The number of rotatable bonds is 3. The number of nitrogen functional groups attached to an aromatic ring is 1. The number of aryl methyl sites for hydroxylation is 1. The molecular weight excluding hydrogens is 152 g/mol. The topological polar surface area (TPSA) is 47.3 Å². The number of nitrogens with one attached hydrogen (secondary N) is 1. The summed E-state index contributed by atoms with van der Waals surface area (Å²) in [5.41, 5.74) is 4.76. The first kappa shape index (κ1) is 8.87. The van der Waals surface area contributed by atoms with Gasteiger partial charge in [0.05, 0.1) is 12.8 Å². The predicted molar refractivity (Wildman–Crippen MR) is 50.2 cm³/mol. The van der Waals surface area contributed by atoms with Gasteiger partial charge in [-0.3, -0.25) is 5.84 Å². The minimum Gasteiger partial charge on any atom is -0.497 e. The quantitative estimate of drug-likeness (QED) is 0.529. The molecule has 3 heteroatoms. The van der Waals surface area contributed by atoms with Crippen LogP contribution in [0, 0.1) is 0 Å². The third-order valence-electron chi connectivity index (χ3n) is 1.85. The molecule has 1 aromatic carbocycles. The van der Waals surface area contributed by atoms with Crippen LogP contribution in [0.5, 0.6) is 5.75 Å². The Hall–Kier alpha value is -1.22. The van der Waals surface area contributed by atoms with Crippen molar-refractivity contribution in [3.63, 3.8) is 0 Å². The fourth-order valence-electron chi connectivity index (χ4n) is 1.13. The Morgan fingerprint density at radius 2 is 2.25 bits per heavy atom. The molecule has 0 saturated carbocycles. The van der Waals surface area contributed by atoms with Gasteiger partial charge in [0.2, 0.25) is 0 Å². The minimum atomic E-state index is 0.867. The van der Waals surface area contributed by atoms with Crippen molar-refractivity contribution in [3.05, 3.63) is 23.8 Å². The molecule has 0 bridgehead atoms. The van der Waals surface area contributed by atoms with E-state index in [1.165, 1.54) is 0 Å². The first-order valence-corrected chi connectivity index (χ1v) is 3.95. The first-order chi connectivity index (χ1) is 5.81. The van der Waals surface area contributed by atoms with Crippen LogP contribution in [-0.2, 0) is 6.42 Å². The van der Waals surface area contributed by atoms with Gasteiger partial charge in [-0.05, 0) is 30.2 Å². The fourth-order valence-corrected chi connectivity index (χ4v) is 1.13. The van der Waals surface area contributed by atoms with Crippen molar-refractivity contribution in [2.45, 2.75) is 13.3 Å². The van der Waals surface area contributed by atoms with E-state index in [4.69, 9.17) is 10.6 Å². The zero-order chi connectivity index (χ0) is 8.97. The minimum absolute atomic E-state index is 0.867. The highest BCUT2D eigenvalue weighted by atomic mass is 16.5. The first-order valence-electron chi connectivity index (χ1n) is 3.95. The van der Waals surface area contributed by atoms with Crippen LogP contribution in [0.1, 0.15) is 12.5 Å². The summed E-state index contributed by atoms with van der Waals surface area (Å²) in [6.45, 7) is 2.08. The average Bonchev–Trinajstić information content (AvgIpc) is 2.16. The largest absolute Gasteiger partial charge is 0.497 e. The number of anilines is 1. The molecule has 0 aliphatic rings. The van der Waals surface area contributed by atoms with Crippen molar-refractivity contribution >= 4 is 5.69 Å². The summed E-state index contributed by atoms with van der Waals surface area (Å²) in [5, 5.41) is 0. The summed E-state index contributed by atoms with van der Waals surface area (Å²) in [4.78, 5) is 0. The Bertz CT molecular complexity index is 261. The summed E-state index contributed by atoms with van der Waals surface area (Å²) >= 11 is 0. The van der Waals surface area contributed by atoms with E-state index < -0.39 is 0 Å². The van der Waals surface area contributed by atoms with Crippen LogP contribution in [0.2, 0.25) is 0 Å². The van der Waals surface area contributed by atoms with E-state index in [-0.39, 0.29) is 0 Å². The number of ether oxygens (including phenoxy) is 1. The van der Waals surface area contributed by atoms with E-state index in [0.29, 0.717) is 0 Å². The predicted octanol–water partition coefficient (Wildman–Crippen LogP) is 1.54. The molecule has 0 radical (unpaired) electrons. The van der Waals surface area contributed by atoms with Gasteiger partial charge in [-0.15, -0.1) is 0 Å². The molecule has 0 amide bonds. The fraction of sp³-hybridized carbons (Fsp3) is 0.333. The van der Waals surface area contributed by atoms with Gasteiger partial charge in [0.25, 0.3) is 0 Å². The molecule has 1 aromatic rings. The lowest BCUT2D eigenvalue weighted by Gasteiger charge is -2.08. The summed E-state index contributed by atoms with van der Waals surface area (Å²) in [7, 11) is 1.66. The van der Waals surface area contributed by atoms with Crippen LogP contribution in [0.3, 0.4) is 0 Å². The highest BCUT2D eigenvalue weighted by Crippen LogP contribution is 2.21. The van der Waals surface area contributed by atoms with E-state index in [1.807, 2.05) is 18.2 Å². The third kappa shape index (κ3) is 1.68. The highest BCUT2D eigenvalue weighted by Gasteiger charge is 1.99. The number of benzene rings is 1. The molecule has 3 nitrogen and oxygen atoms in total. The highest BCUT2D eigenvalue weighted by molar-refractivity contribution is 5.53. The second-order valence-electron chi connectivity index (χ2n) is 2.52. The maximum atomic E-state index is 5.33. The molecule has 0 fully saturated rings. The molecule has 0 heterocycles. The van der Waals surface area contributed by atoms with Gasteiger partial charge >= 0.3 is 0 Å². The van der Waals surface area contributed by atoms with Crippen LogP contribution in [0.4, 0.5) is 5.69 Å². The van der Waals surface area contributed by atoms with Crippen molar-refractivity contribution in [2.24, 2.45) is 5.84 Å². The lowest BCUT2D eigenvalue weighted by molar-refractivity contribution is 0.414. The van der Waals surface area contributed by atoms with Crippen LogP contribution >= 0.6 is 0 Å². The Morgan fingerprint density at radius 1 is 1.50 bits per heavy atom. The van der Waals surface area contributed by atoms with E-state index in [2.05, 4.69) is 12.3 Å². The van der Waals surface area contributed by atoms with Gasteiger partial charge in [0.15, 0.2) is 0 Å². The molecule has 0 spiro atoms. The molecule has 0 aliphatic carbocycles. The second-order valence-corrected chi connectivity index (χ2v) is 2.52. The Balaban J connectivity index is 3.02. The molecular formula is C9H14N2O.